The number of aromatic carboxylic acids is 1. The molecular weight excluding hydrogens is 500 g/mol. The van der Waals surface area contributed by atoms with Gasteiger partial charge in [0.2, 0.25) is 0 Å². The average molecular weight is 527 g/mol. The van der Waals surface area contributed by atoms with Gasteiger partial charge in [0.05, 0.1) is 40.9 Å². The Balaban J connectivity index is 1.39. The van der Waals surface area contributed by atoms with Gasteiger partial charge in [-0.2, -0.15) is 5.10 Å². The lowest BCUT2D eigenvalue weighted by atomic mass is 9.99. The number of nitrogens with one attached hydrogen (secondary N) is 1. The molecule has 7 nitrogen and oxygen atoms in total. The fourth-order valence-electron chi connectivity index (χ4n) is 4.99. The zero-order chi connectivity index (χ0) is 27.6. The van der Waals surface area contributed by atoms with Gasteiger partial charge in [-0.1, -0.05) is 54.6 Å². The number of carboxylic acids is 1. The van der Waals surface area contributed by atoms with Gasteiger partial charge in [-0.25, -0.2) is 4.79 Å². The number of benzene rings is 4. The molecule has 0 spiro atoms. The summed E-state index contributed by atoms with van der Waals surface area (Å²) in [5.74, 6) is -1.22. The number of rotatable bonds is 7. The molecule has 0 aliphatic carbocycles. The van der Waals surface area contributed by atoms with Crippen LogP contribution < -0.4 is 5.32 Å². The van der Waals surface area contributed by atoms with Crippen molar-refractivity contribution in [1.82, 2.24) is 20.1 Å². The van der Waals surface area contributed by atoms with E-state index in [4.69, 9.17) is 0 Å². The average Bonchev–Trinajstić information content (AvgIpc) is 3.39. The first-order valence-corrected chi connectivity index (χ1v) is 13.0. The van der Waals surface area contributed by atoms with Crippen LogP contribution in [0.5, 0.6) is 0 Å². The number of hydrogen-bond donors (Lipinski definition) is 2. The van der Waals surface area contributed by atoms with Crippen LogP contribution in [-0.2, 0) is 6.54 Å². The van der Waals surface area contributed by atoms with E-state index in [9.17, 15) is 14.7 Å². The quantitative estimate of drug-likeness (QED) is 0.248. The number of amides is 1. The molecule has 40 heavy (non-hydrogen) atoms. The number of aromatic nitrogens is 3. The maximum atomic E-state index is 13.8. The SMILES string of the molecule is CC(NC(=O)c1cc(-c2ccccc2)cc2cnn(Cc3ccc4ncccc4c3)c12)c1ccc(C(=O)O)cc1. The van der Waals surface area contributed by atoms with E-state index >= 15 is 0 Å². The molecule has 6 rings (SSSR count). The summed E-state index contributed by atoms with van der Waals surface area (Å²) in [6.07, 6.45) is 3.58. The summed E-state index contributed by atoms with van der Waals surface area (Å²) in [6, 6.07) is 30.2. The molecule has 0 aliphatic heterocycles. The zero-order valence-electron chi connectivity index (χ0n) is 21.8. The van der Waals surface area contributed by atoms with Crippen molar-refractivity contribution >= 4 is 33.7 Å². The Hall–Kier alpha value is -5.30. The molecule has 0 bridgehead atoms. The molecule has 2 aromatic heterocycles. The summed E-state index contributed by atoms with van der Waals surface area (Å²) in [5.41, 5.74) is 6.19. The number of hydrogen-bond acceptors (Lipinski definition) is 4. The van der Waals surface area contributed by atoms with E-state index in [1.165, 1.54) is 0 Å². The lowest BCUT2D eigenvalue weighted by Gasteiger charge is -2.17. The first kappa shape index (κ1) is 25.0. The van der Waals surface area contributed by atoms with Gasteiger partial charge in [0.25, 0.3) is 5.91 Å². The number of fused-ring (bicyclic) bond motifs is 2. The van der Waals surface area contributed by atoms with Crippen molar-refractivity contribution in [3.8, 4) is 11.1 Å². The van der Waals surface area contributed by atoms with Crippen LogP contribution in [-0.4, -0.2) is 31.7 Å². The van der Waals surface area contributed by atoms with Crippen molar-refractivity contribution in [1.29, 1.82) is 0 Å². The Morgan fingerprint density at radius 1 is 0.875 bits per heavy atom. The smallest absolute Gasteiger partial charge is 0.335 e. The fourth-order valence-corrected chi connectivity index (χ4v) is 4.99. The van der Waals surface area contributed by atoms with Crippen LogP contribution in [0.25, 0.3) is 32.9 Å². The number of pyridine rings is 1. The number of carbonyl (C=O) groups excluding carboxylic acids is 1. The van der Waals surface area contributed by atoms with Crippen molar-refractivity contribution in [3.05, 3.63) is 132 Å². The summed E-state index contributed by atoms with van der Waals surface area (Å²) in [5, 5.41) is 18.9. The molecule has 0 saturated carbocycles. The summed E-state index contributed by atoms with van der Waals surface area (Å²) >= 11 is 0. The zero-order valence-corrected chi connectivity index (χ0v) is 21.8. The van der Waals surface area contributed by atoms with Crippen molar-refractivity contribution in [2.75, 3.05) is 0 Å². The minimum Gasteiger partial charge on any atom is -0.478 e. The van der Waals surface area contributed by atoms with Crippen LogP contribution in [0.4, 0.5) is 0 Å². The number of nitrogens with zero attached hydrogens (tertiary/aromatic N) is 3. The van der Waals surface area contributed by atoms with E-state index in [1.807, 2.05) is 72.3 Å². The van der Waals surface area contributed by atoms with Gasteiger partial charge in [-0.15, -0.1) is 0 Å². The second kappa shape index (κ2) is 10.5. The van der Waals surface area contributed by atoms with Gasteiger partial charge in [0, 0.05) is 17.0 Å². The molecule has 2 heterocycles. The summed E-state index contributed by atoms with van der Waals surface area (Å²) < 4.78 is 1.86. The van der Waals surface area contributed by atoms with Crippen molar-refractivity contribution < 1.29 is 14.7 Å². The maximum absolute atomic E-state index is 13.8. The first-order chi connectivity index (χ1) is 19.5. The Labute approximate surface area is 230 Å². The number of carbonyl (C=O) groups is 2. The third kappa shape index (κ3) is 4.92. The van der Waals surface area contributed by atoms with Gasteiger partial charge in [-0.3, -0.25) is 14.5 Å². The Morgan fingerprint density at radius 2 is 1.68 bits per heavy atom. The second-order valence-corrected chi connectivity index (χ2v) is 9.78. The van der Waals surface area contributed by atoms with Crippen LogP contribution in [0.15, 0.2) is 109 Å². The van der Waals surface area contributed by atoms with Crippen LogP contribution >= 0.6 is 0 Å². The molecule has 0 radical (unpaired) electrons. The van der Waals surface area contributed by atoms with Crippen LogP contribution in [0.3, 0.4) is 0 Å². The predicted octanol–water partition coefficient (Wildman–Crippen LogP) is 6.49. The molecule has 4 aromatic carbocycles. The molecule has 1 atom stereocenters. The highest BCUT2D eigenvalue weighted by atomic mass is 16.4. The minimum absolute atomic E-state index is 0.202. The monoisotopic (exact) mass is 526 g/mol. The Morgan fingerprint density at radius 3 is 2.45 bits per heavy atom. The molecule has 0 aliphatic rings. The summed E-state index contributed by atoms with van der Waals surface area (Å²) in [4.78, 5) is 29.5. The van der Waals surface area contributed by atoms with E-state index in [0.717, 1.165) is 44.1 Å². The van der Waals surface area contributed by atoms with Gasteiger partial charge in [0.1, 0.15) is 0 Å². The van der Waals surface area contributed by atoms with Crippen LogP contribution in [0.1, 0.15) is 44.8 Å². The molecular formula is C33H26N4O3. The van der Waals surface area contributed by atoms with Crippen molar-refractivity contribution in [2.45, 2.75) is 19.5 Å². The standard InChI is InChI=1S/C33H26N4O3/c1-21(23-10-12-25(13-11-23)33(39)40)36-32(38)29-18-27(24-6-3-2-4-7-24)17-28-19-35-37(31(28)29)20-22-9-14-30-26(16-22)8-5-15-34-30/h2-19,21H,20H2,1H3,(H,36,38)(H,39,40). The van der Waals surface area contributed by atoms with Crippen molar-refractivity contribution in [3.63, 3.8) is 0 Å². The topological polar surface area (TPSA) is 97.1 Å². The van der Waals surface area contributed by atoms with Crippen LogP contribution in [0.2, 0.25) is 0 Å². The first-order valence-electron chi connectivity index (χ1n) is 13.0. The molecule has 2 N–H and O–H groups in total. The summed E-state index contributed by atoms with van der Waals surface area (Å²) in [6.45, 7) is 2.37. The molecule has 0 fully saturated rings. The van der Waals surface area contributed by atoms with Gasteiger partial charge in [-0.05, 0) is 71.6 Å². The van der Waals surface area contributed by atoms with E-state index in [-0.39, 0.29) is 17.5 Å². The van der Waals surface area contributed by atoms with Gasteiger partial charge < -0.3 is 10.4 Å². The lowest BCUT2D eigenvalue weighted by Crippen LogP contribution is -2.27. The molecule has 0 saturated heterocycles. The van der Waals surface area contributed by atoms with Crippen LogP contribution in [0, 0.1) is 0 Å². The largest absolute Gasteiger partial charge is 0.478 e. The molecule has 196 valence electrons. The predicted molar refractivity (Wildman–Crippen MR) is 155 cm³/mol. The third-order valence-corrected chi connectivity index (χ3v) is 7.09. The molecule has 6 aromatic rings. The fraction of sp³-hybridized carbons (Fsp3) is 0.0909. The van der Waals surface area contributed by atoms with E-state index in [1.54, 1.807) is 36.7 Å². The van der Waals surface area contributed by atoms with E-state index in [2.05, 4.69) is 27.5 Å². The van der Waals surface area contributed by atoms with E-state index in [0.29, 0.717) is 12.1 Å². The second-order valence-electron chi connectivity index (χ2n) is 9.78. The minimum atomic E-state index is -0.987. The van der Waals surface area contributed by atoms with Gasteiger partial charge >= 0.3 is 5.97 Å². The third-order valence-electron chi connectivity index (χ3n) is 7.09. The Bertz CT molecular complexity index is 1860. The normalized spacial score (nSPS) is 11.9. The van der Waals surface area contributed by atoms with Crippen molar-refractivity contribution in [2.24, 2.45) is 0 Å². The maximum Gasteiger partial charge on any atom is 0.335 e. The highest BCUT2D eigenvalue weighted by Crippen LogP contribution is 2.29. The van der Waals surface area contributed by atoms with Gasteiger partial charge in [0.15, 0.2) is 0 Å². The highest BCUT2D eigenvalue weighted by Gasteiger charge is 2.20. The molecule has 1 unspecified atom stereocenters. The molecule has 7 heteroatoms. The number of carboxylic acid groups (broad SMARTS) is 1. The lowest BCUT2D eigenvalue weighted by molar-refractivity contribution is 0.0696. The highest BCUT2D eigenvalue weighted by molar-refractivity contribution is 6.07. The Kier molecular flexibility index (Phi) is 6.54. The molecule has 1 amide bonds. The summed E-state index contributed by atoms with van der Waals surface area (Å²) in [7, 11) is 0. The van der Waals surface area contributed by atoms with E-state index < -0.39 is 5.97 Å².